The Morgan fingerprint density at radius 3 is 2.22 bits per heavy atom. The second kappa shape index (κ2) is 9.07. The van der Waals surface area contributed by atoms with Gasteiger partial charge in [0.2, 0.25) is 15.9 Å². The molecule has 1 amide bonds. The highest BCUT2D eigenvalue weighted by Crippen LogP contribution is 2.26. The average molecular weight is 462 g/mol. The molecule has 0 unspecified atom stereocenters. The van der Waals surface area contributed by atoms with Gasteiger partial charge in [-0.3, -0.25) is 9.59 Å². The number of aromatic nitrogens is 1. The van der Waals surface area contributed by atoms with E-state index in [2.05, 4.69) is 4.72 Å². The first-order valence-corrected chi connectivity index (χ1v) is 12.1. The van der Waals surface area contributed by atoms with Crippen LogP contribution >= 0.6 is 0 Å². The van der Waals surface area contributed by atoms with Crippen LogP contribution in [0.15, 0.2) is 27.9 Å². The van der Waals surface area contributed by atoms with Crippen LogP contribution in [0.5, 0.6) is 5.75 Å². The highest BCUT2D eigenvalue weighted by Gasteiger charge is 2.32. The fourth-order valence-electron chi connectivity index (χ4n) is 3.82. The van der Waals surface area contributed by atoms with Crippen LogP contribution in [0, 0.1) is 34.6 Å². The number of sulfonamides is 1. The lowest BCUT2D eigenvalue weighted by molar-refractivity contribution is -0.139. The van der Waals surface area contributed by atoms with Gasteiger partial charge < -0.3 is 14.2 Å². The van der Waals surface area contributed by atoms with E-state index in [-0.39, 0.29) is 30.5 Å². The average Bonchev–Trinajstić information content (AvgIpc) is 2.66. The molecular weight excluding hydrogens is 430 g/mol. The Morgan fingerprint density at radius 2 is 1.66 bits per heavy atom. The lowest BCUT2D eigenvalue weighted by atomic mass is 10.0. The van der Waals surface area contributed by atoms with E-state index in [0.29, 0.717) is 23.7 Å². The fourth-order valence-corrected chi connectivity index (χ4v) is 5.46. The van der Waals surface area contributed by atoms with Crippen LogP contribution in [0.2, 0.25) is 0 Å². The largest absolute Gasteiger partial charge is 0.486 e. The third kappa shape index (κ3) is 4.88. The quantitative estimate of drug-likeness (QED) is 0.679. The standard InChI is InChI=1S/C23H31N3O5S/c1-14-9-15(2)18(5)23(17(14)4)32(29,30)24-8-7-21(27)26-12-20(13-26)31-19-10-16(3)25(6)22(28)11-19/h9-11,20,24H,7-8,12-13H2,1-6H3. The molecule has 0 bridgehead atoms. The summed E-state index contributed by atoms with van der Waals surface area (Å²) in [4.78, 5) is 26.2. The maximum atomic E-state index is 12.9. The Kier molecular flexibility index (Phi) is 6.80. The molecule has 174 valence electrons. The van der Waals surface area contributed by atoms with E-state index in [0.717, 1.165) is 27.9 Å². The summed E-state index contributed by atoms with van der Waals surface area (Å²) in [5.74, 6) is 0.358. The number of aryl methyl sites for hydroxylation is 3. The Labute approximate surface area is 189 Å². The molecule has 1 saturated heterocycles. The molecule has 1 aromatic carbocycles. The third-order valence-electron chi connectivity index (χ3n) is 6.18. The van der Waals surface area contributed by atoms with Crippen LogP contribution in [0.1, 0.15) is 34.4 Å². The minimum Gasteiger partial charge on any atom is -0.486 e. The molecule has 0 radical (unpaired) electrons. The van der Waals surface area contributed by atoms with Crippen molar-refractivity contribution in [3.8, 4) is 5.75 Å². The van der Waals surface area contributed by atoms with Gasteiger partial charge in [-0.1, -0.05) is 6.07 Å². The molecule has 1 aromatic heterocycles. The van der Waals surface area contributed by atoms with Gasteiger partial charge in [-0.2, -0.15) is 0 Å². The first kappa shape index (κ1) is 24.0. The summed E-state index contributed by atoms with van der Waals surface area (Å²) in [6.07, 6.45) is -0.109. The van der Waals surface area contributed by atoms with E-state index >= 15 is 0 Å². The number of amides is 1. The number of nitrogens with zero attached hydrogens (tertiary/aromatic N) is 2. The van der Waals surface area contributed by atoms with Gasteiger partial charge >= 0.3 is 0 Å². The molecule has 2 aromatic rings. The van der Waals surface area contributed by atoms with Crippen LogP contribution < -0.4 is 15.0 Å². The second-order valence-corrected chi connectivity index (χ2v) is 10.2. The summed E-state index contributed by atoms with van der Waals surface area (Å²) in [5.41, 5.74) is 3.93. The monoisotopic (exact) mass is 461 g/mol. The molecule has 0 atom stereocenters. The van der Waals surface area contributed by atoms with Gasteiger partial charge in [-0.25, -0.2) is 13.1 Å². The number of likely N-dealkylation sites (tertiary alicyclic amines) is 1. The molecule has 8 nitrogen and oxygen atoms in total. The molecule has 1 fully saturated rings. The Bertz CT molecular complexity index is 1180. The first-order chi connectivity index (χ1) is 14.9. The number of benzene rings is 1. The predicted octanol–water partition coefficient (Wildman–Crippen LogP) is 1.89. The normalized spacial score (nSPS) is 14.4. The lowest BCUT2D eigenvalue weighted by Gasteiger charge is -2.39. The molecule has 1 aliphatic heterocycles. The zero-order chi connectivity index (χ0) is 23.8. The highest BCUT2D eigenvalue weighted by atomic mass is 32.2. The van der Waals surface area contributed by atoms with E-state index in [1.165, 1.54) is 10.6 Å². The van der Waals surface area contributed by atoms with Crippen molar-refractivity contribution in [3.63, 3.8) is 0 Å². The number of ether oxygens (including phenoxy) is 1. The SMILES string of the molecule is Cc1cc(C)c(C)c(S(=O)(=O)NCCC(=O)N2CC(Oc3cc(C)n(C)c(=O)c3)C2)c1C. The molecule has 0 spiro atoms. The predicted molar refractivity (Wildman–Crippen MR) is 123 cm³/mol. The number of nitrogens with one attached hydrogen (secondary N) is 1. The number of hydrogen-bond acceptors (Lipinski definition) is 5. The fraction of sp³-hybridized carbons (Fsp3) is 0.478. The Hall–Kier alpha value is -2.65. The van der Waals surface area contributed by atoms with Crippen LogP contribution in [0.25, 0.3) is 0 Å². The Balaban J connectivity index is 1.52. The molecule has 1 N–H and O–H groups in total. The van der Waals surface area contributed by atoms with Crippen molar-refractivity contribution < 1.29 is 17.9 Å². The topological polar surface area (TPSA) is 97.7 Å². The number of carbonyl (C=O) groups is 1. The van der Waals surface area contributed by atoms with Crippen LogP contribution in [-0.4, -0.2) is 49.5 Å². The van der Waals surface area contributed by atoms with Crippen LogP contribution in [0.4, 0.5) is 0 Å². The maximum Gasteiger partial charge on any atom is 0.254 e. The van der Waals surface area contributed by atoms with Gasteiger partial charge in [0.1, 0.15) is 11.9 Å². The smallest absolute Gasteiger partial charge is 0.254 e. The molecule has 9 heteroatoms. The van der Waals surface area contributed by atoms with Crippen molar-refractivity contribution in [2.24, 2.45) is 7.05 Å². The molecule has 3 rings (SSSR count). The summed E-state index contributed by atoms with van der Waals surface area (Å²) >= 11 is 0. The van der Waals surface area contributed by atoms with E-state index in [1.54, 1.807) is 31.9 Å². The minimum atomic E-state index is -3.72. The number of pyridine rings is 1. The van der Waals surface area contributed by atoms with E-state index in [1.807, 2.05) is 26.8 Å². The molecule has 2 heterocycles. The lowest BCUT2D eigenvalue weighted by Crippen LogP contribution is -2.56. The van der Waals surface area contributed by atoms with Crippen LogP contribution in [-0.2, 0) is 21.9 Å². The summed E-state index contributed by atoms with van der Waals surface area (Å²) < 4.78 is 35.6. The third-order valence-corrected chi connectivity index (χ3v) is 7.91. The van der Waals surface area contributed by atoms with Crippen molar-refractivity contribution in [2.45, 2.75) is 52.0 Å². The molecule has 0 saturated carbocycles. The van der Waals surface area contributed by atoms with Crippen molar-refractivity contribution >= 4 is 15.9 Å². The van der Waals surface area contributed by atoms with E-state index in [4.69, 9.17) is 4.74 Å². The number of hydrogen-bond donors (Lipinski definition) is 1. The number of carbonyl (C=O) groups excluding carboxylic acids is 1. The van der Waals surface area contributed by atoms with E-state index in [9.17, 15) is 18.0 Å². The molecule has 0 aliphatic carbocycles. The highest BCUT2D eigenvalue weighted by molar-refractivity contribution is 7.89. The summed E-state index contributed by atoms with van der Waals surface area (Å²) in [6, 6.07) is 5.20. The van der Waals surface area contributed by atoms with Gasteiger partial charge in [0.05, 0.1) is 18.0 Å². The summed E-state index contributed by atoms with van der Waals surface area (Å²) in [7, 11) is -2.02. The molecule has 32 heavy (non-hydrogen) atoms. The van der Waals surface area contributed by atoms with Crippen molar-refractivity contribution in [2.75, 3.05) is 19.6 Å². The Morgan fingerprint density at radius 1 is 1.06 bits per heavy atom. The van der Waals surface area contributed by atoms with Gasteiger partial charge in [0, 0.05) is 31.8 Å². The molecular formula is C23H31N3O5S. The van der Waals surface area contributed by atoms with Crippen molar-refractivity contribution in [1.82, 2.24) is 14.2 Å². The van der Waals surface area contributed by atoms with E-state index < -0.39 is 10.0 Å². The second-order valence-electron chi connectivity index (χ2n) is 8.51. The number of rotatable bonds is 7. The van der Waals surface area contributed by atoms with Crippen LogP contribution in [0.3, 0.4) is 0 Å². The zero-order valence-corrected chi connectivity index (χ0v) is 20.3. The van der Waals surface area contributed by atoms with Gasteiger partial charge in [0.25, 0.3) is 5.56 Å². The summed E-state index contributed by atoms with van der Waals surface area (Å²) in [6.45, 7) is 10.1. The zero-order valence-electron chi connectivity index (χ0n) is 19.5. The van der Waals surface area contributed by atoms with Gasteiger partial charge in [0.15, 0.2) is 0 Å². The van der Waals surface area contributed by atoms with Gasteiger partial charge in [-0.15, -0.1) is 0 Å². The summed E-state index contributed by atoms with van der Waals surface area (Å²) in [5, 5.41) is 0. The van der Waals surface area contributed by atoms with Crippen molar-refractivity contribution in [1.29, 1.82) is 0 Å². The maximum absolute atomic E-state index is 12.9. The first-order valence-electron chi connectivity index (χ1n) is 10.6. The molecule has 1 aliphatic rings. The van der Waals surface area contributed by atoms with Crippen molar-refractivity contribution in [3.05, 3.63) is 56.5 Å². The van der Waals surface area contributed by atoms with Gasteiger partial charge in [-0.05, 0) is 62.9 Å². The minimum absolute atomic E-state index is 0.0307.